The van der Waals surface area contributed by atoms with Gasteiger partial charge in [0.25, 0.3) is 5.91 Å². The molecule has 2 heterocycles. The van der Waals surface area contributed by atoms with Crippen LogP contribution in [0.25, 0.3) is 0 Å². The molecule has 2 aliphatic heterocycles. The Morgan fingerprint density at radius 3 is 2.50 bits per heavy atom. The summed E-state index contributed by atoms with van der Waals surface area (Å²) in [5, 5.41) is 7.14. The molecule has 1 spiro atoms. The lowest BCUT2D eigenvalue weighted by atomic mass is 9.82. The molecule has 3 rings (SSSR count). The number of nitrogens with one attached hydrogen (secondary N) is 3. The molecule has 3 fully saturated rings. The normalized spacial score (nSPS) is 26.6. The number of carbonyl (C=O) groups excluding carboxylic acids is 4. The lowest BCUT2D eigenvalue weighted by Crippen LogP contribution is -2.50. The monoisotopic (exact) mass is 386 g/mol. The molecule has 10 nitrogen and oxygen atoms in total. The van der Waals surface area contributed by atoms with Crippen LogP contribution in [0.4, 0.5) is 9.59 Å². The molecule has 144 valence electrons. The number of nitrogens with zero attached hydrogens (tertiary/aromatic N) is 1. The molecule has 1 unspecified atom stereocenters. The van der Waals surface area contributed by atoms with Gasteiger partial charge in [0.2, 0.25) is 5.91 Å². The molecule has 3 aliphatic rings. The van der Waals surface area contributed by atoms with Crippen molar-refractivity contribution < 1.29 is 27.6 Å². The van der Waals surface area contributed by atoms with E-state index in [2.05, 4.69) is 10.6 Å². The lowest BCUT2D eigenvalue weighted by Gasteiger charge is -2.30. The number of sulfone groups is 1. The van der Waals surface area contributed by atoms with Crippen molar-refractivity contribution in [3.63, 3.8) is 0 Å². The summed E-state index contributed by atoms with van der Waals surface area (Å²) in [5.41, 5.74) is -0.921. The van der Waals surface area contributed by atoms with Gasteiger partial charge in [-0.05, 0) is 19.3 Å². The van der Waals surface area contributed by atoms with Gasteiger partial charge in [0.15, 0.2) is 9.84 Å². The summed E-state index contributed by atoms with van der Waals surface area (Å²) >= 11 is 0. The molecule has 1 aliphatic carbocycles. The first-order chi connectivity index (χ1) is 12.2. The second-order valence-corrected chi connectivity index (χ2v) is 9.31. The van der Waals surface area contributed by atoms with Crippen molar-refractivity contribution in [1.82, 2.24) is 20.9 Å². The van der Waals surface area contributed by atoms with Crippen LogP contribution in [0.2, 0.25) is 0 Å². The van der Waals surface area contributed by atoms with Crippen molar-refractivity contribution in [2.45, 2.75) is 50.1 Å². The minimum Gasteiger partial charge on any atom is -0.334 e. The van der Waals surface area contributed by atoms with E-state index in [1.165, 1.54) is 0 Å². The zero-order valence-electron chi connectivity index (χ0n) is 14.2. The molecule has 0 aromatic heterocycles. The van der Waals surface area contributed by atoms with Gasteiger partial charge in [0.1, 0.15) is 12.1 Å². The Hall–Kier alpha value is -2.17. The zero-order chi connectivity index (χ0) is 18.9. The first kappa shape index (κ1) is 18.6. The van der Waals surface area contributed by atoms with Crippen LogP contribution in [-0.2, 0) is 19.4 Å². The maximum Gasteiger partial charge on any atom is 0.325 e. The molecule has 0 radical (unpaired) electrons. The van der Waals surface area contributed by atoms with Gasteiger partial charge in [-0.3, -0.25) is 19.8 Å². The summed E-state index contributed by atoms with van der Waals surface area (Å²) in [6.07, 6.45) is 4.05. The topological polar surface area (TPSA) is 142 Å². The summed E-state index contributed by atoms with van der Waals surface area (Å²) in [6.45, 7) is -0.553. The molecule has 3 N–H and O–H groups in total. The van der Waals surface area contributed by atoms with Crippen LogP contribution in [0.15, 0.2) is 0 Å². The van der Waals surface area contributed by atoms with E-state index in [-0.39, 0.29) is 11.5 Å². The molecular formula is C15H22N4O6S. The summed E-state index contributed by atoms with van der Waals surface area (Å²) in [4.78, 5) is 49.3. The van der Waals surface area contributed by atoms with Crippen molar-refractivity contribution in [3.05, 3.63) is 0 Å². The van der Waals surface area contributed by atoms with Crippen molar-refractivity contribution in [3.8, 4) is 0 Å². The SMILES string of the molecule is O=C(CN1C(=O)NC2(CCCCC2)C1=O)NC(=O)NC1CCS(=O)(=O)C1. The first-order valence-corrected chi connectivity index (χ1v) is 10.5. The molecule has 0 aromatic rings. The second kappa shape index (κ2) is 6.86. The summed E-state index contributed by atoms with van der Waals surface area (Å²) in [5.74, 6) is -1.40. The Balaban J connectivity index is 1.52. The summed E-state index contributed by atoms with van der Waals surface area (Å²) in [6, 6.07) is -2.01. The molecular weight excluding hydrogens is 364 g/mol. The first-order valence-electron chi connectivity index (χ1n) is 8.66. The van der Waals surface area contributed by atoms with E-state index in [1.54, 1.807) is 0 Å². The molecule has 11 heteroatoms. The van der Waals surface area contributed by atoms with E-state index in [1.807, 2.05) is 5.32 Å². The van der Waals surface area contributed by atoms with E-state index in [0.29, 0.717) is 19.3 Å². The fourth-order valence-corrected chi connectivity index (χ4v) is 5.43. The van der Waals surface area contributed by atoms with E-state index in [9.17, 15) is 27.6 Å². The lowest BCUT2D eigenvalue weighted by molar-refractivity contribution is -0.135. The molecule has 0 bridgehead atoms. The standard InChI is InChI=1S/C15H22N4O6S/c20-11(17-13(22)16-10-4-7-26(24,25)9-10)8-19-12(21)15(18-14(19)23)5-2-1-3-6-15/h10H,1-9H2,(H,18,23)(H2,16,17,20,22). The molecule has 0 aromatic carbocycles. The average molecular weight is 386 g/mol. The van der Waals surface area contributed by atoms with Gasteiger partial charge in [0, 0.05) is 6.04 Å². The Morgan fingerprint density at radius 2 is 1.88 bits per heavy atom. The third-order valence-electron chi connectivity index (χ3n) is 5.08. The number of imide groups is 2. The summed E-state index contributed by atoms with van der Waals surface area (Å²) < 4.78 is 22.7. The number of carbonyl (C=O) groups is 4. The van der Waals surface area contributed by atoms with Gasteiger partial charge >= 0.3 is 12.1 Å². The molecule has 2 saturated heterocycles. The van der Waals surface area contributed by atoms with Gasteiger partial charge < -0.3 is 10.6 Å². The van der Waals surface area contributed by atoms with Crippen LogP contribution in [0.3, 0.4) is 0 Å². The van der Waals surface area contributed by atoms with Gasteiger partial charge in [-0.1, -0.05) is 19.3 Å². The van der Waals surface area contributed by atoms with E-state index < -0.39 is 51.8 Å². The van der Waals surface area contributed by atoms with E-state index in [4.69, 9.17) is 0 Å². The molecule has 1 saturated carbocycles. The minimum absolute atomic E-state index is 0.00355. The quantitative estimate of drug-likeness (QED) is 0.545. The van der Waals surface area contributed by atoms with Gasteiger partial charge in [-0.25, -0.2) is 18.0 Å². The van der Waals surface area contributed by atoms with Crippen LogP contribution >= 0.6 is 0 Å². The highest BCUT2D eigenvalue weighted by molar-refractivity contribution is 7.91. The third kappa shape index (κ3) is 3.81. The van der Waals surface area contributed by atoms with Crippen molar-refractivity contribution in [2.24, 2.45) is 0 Å². The Bertz CT molecular complexity index is 743. The predicted molar refractivity (Wildman–Crippen MR) is 89.8 cm³/mol. The second-order valence-electron chi connectivity index (χ2n) is 7.09. The van der Waals surface area contributed by atoms with Crippen molar-refractivity contribution in [1.29, 1.82) is 0 Å². The highest BCUT2D eigenvalue weighted by Gasteiger charge is 2.51. The molecule has 6 amide bonds. The predicted octanol–water partition coefficient (Wildman–Crippen LogP) is -0.746. The van der Waals surface area contributed by atoms with Gasteiger partial charge in [0.05, 0.1) is 11.5 Å². The molecule has 26 heavy (non-hydrogen) atoms. The van der Waals surface area contributed by atoms with Crippen molar-refractivity contribution >= 4 is 33.7 Å². The highest BCUT2D eigenvalue weighted by Crippen LogP contribution is 2.33. The van der Waals surface area contributed by atoms with E-state index >= 15 is 0 Å². The Labute approximate surface area is 151 Å². The van der Waals surface area contributed by atoms with Crippen LogP contribution in [0.1, 0.15) is 38.5 Å². The highest BCUT2D eigenvalue weighted by atomic mass is 32.2. The summed E-state index contributed by atoms with van der Waals surface area (Å²) in [7, 11) is -3.15. The third-order valence-corrected chi connectivity index (χ3v) is 6.84. The molecule has 1 atom stereocenters. The number of hydrogen-bond donors (Lipinski definition) is 3. The van der Waals surface area contributed by atoms with Crippen LogP contribution in [0.5, 0.6) is 0 Å². The fourth-order valence-electron chi connectivity index (χ4n) is 3.75. The van der Waals surface area contributed by atoms with Gasteiger partial charge in [-0.2, -0.15) is 0 Å². The number of rotatable bonds is 3. The van der Waals surface area contributed by atoms with Crippen molar-refractivity contribution in [2.75, 3.05) is 18.1 Å². The largest absolute Gasteiger partial charge is 0.334 e. The Kier molecular flexibility index (Phi) is 4.91. The average Bonchev–Trinajstić information content (AvgIpc) is 3.00. The fraction of sp³-hybridized carbons (Fsp3) is 0.733. The number of hydrogen-bond acceptors (Lipinski definition) is 6. The Morgan fingerprint density at radius 1 is 1.19 bits per heavy atom. The van der Waals surface area contributed by atoms with Crippen LogP contribution < -0.4 is 16.0 Å². The maximum absolute atomic E-state index is 12.6. The maximum atomic E-state index is 12.6. The van der Waals surface area contributed by atoms with Gasteiger partial charge in [-0.15, -0.1) is 0 Å². The van der Waals surface area contributed by atoms with Crippen LogP contribution in [0, 0.1) is 0 Å². The van der Waals surface area contributed by atoms with E-state index in [0.717, 1.165) is 24.2 Å². The minimum atomic E-state index is -3.15. The zero-order valence-corrected chi connectivity index (χ0v) is 15.1. The number of urea groups is 2. The smallest absolute Gasteiger partial charge is 0.325 e. The van der Waals surface area contributed by atoms with Crippen LogP contribution in [-0.4, -0.2) is 66.8 Å². The number of amides is 6.